The molecule has 23 heavy (non-hydrogen) atoms. The zero-order valence-electron chi connectivity index (χ0n) is 13.9. The van der Waals surface area contributed by atoms with Gasteiger partial charge in [0.2, 0.25) is 5.91 Å². The van der Waals surface area contributed by atoms with Crippen LogP contribution in [-0.4, -0.2) is 42.9 Å². The van der Waals surface area contributed by atoms with Crippen molar-refractivity contribution in [3.63, 3.8) is 0 Å². The van der Waals surface area contributed by atoms with Gasteiger partial charge in [0.15, 0.2) is 0 Å². The largest absolute Gasteiger partial charge is 0.460 e. The van der Waals surface area contributed by atoms with Crippen LogP contribution in [0.4, 0.5) is 0 Å². The summed E-state index contributed by atoms with van der Waals surface area (Å²) in [7, 11) is 5.38. The highest BCUT2D eigenvalue weighted by molar-refractivity contribution is 5.80. The summed E-state index contributed by atoms with van der Waals surface area (Å²) >= 11 is 0. The average Bonchev–Trinajstić information content (AvgIpc) is 3.01. The molecule has 2 aromatic rings. The smallest absolute Gasteiger partial charge is 0.239 e. The summed E-state index contributed by atoms with van der Waals surface area (Å²) in [4.78, 5) is 15.5. The lowest BCUT2D eigenvalue weighted by molar-refractivity contribution is -0.133. The Morgan fingerprint density at radius 1 is 1.22 bits per heavy atom. The van der Waals surface area contributed by atoms with Gasteiger partial charge in [-0.05, 0) is 38.2 Å². The number of nitriles is 1. The van der Waals surface area contributed by atoms with Gasteiger partial charge < -0.3 is 9.32 Å². The van der Waals surface area contributed by atoms with E-state index >= 15 is 0 Å². The maximum atomic E-state index is 12.0. The van der Waals surface area contributed by atoms with Crippen LogP contribution in [0, 0.1) is 11.3 Å². The highest BCUT2D eigenvalue weighted by atomic mass is 16.3. The van der Waals surface area contributed by atoms with Crippen LogP contribution in [0.1, 0.15) is 18.2 Å². The van der Waals surface area contributed by atoms with Crippen LogP contribution >= 0.6 is 0 Å². The first-order valence-electron chi connectivity index (χ1n) is 7.43. The number of hydrogen-bond acceptors (Lipinski definition) is 4. The third kappa shape index (κ3) is 3.79. The van der Waals surface area contributed by atoms with Crippen LogP contribution in [0.25, 0.3) is 11.3 Å². The molecule has 120 valence electrons. The Morgan fingerprint density at radius 2 is 1.91 bits per heavy atom. The van der Waals surface area contributed by atoms with Gasteiger partial charge in [-0.15, -0.1) is 0 Å². The molecule has 0 unspecified atom stereocenters. The molecule has 0 aliphatic carbocycles. The van der Waals surface area contributed by atoms with Gasteiger partial charge in [-0.25, -0.2) is 0 Å². The normalized spacial score (nSPS) is 12.0. The molecule has 1 atom stereocenters. The summed E-state index contributed by atoms with van der Waals surface area (Å²) in [5.41, 5.74) is 1.36. The van der Waals surface area contributed by atoms with Gasteiger partial charge in [0.25, 0.3) is 0 Å². The van der Waals surface area contributed by atoms with Crippen LogP contribution in [-0.2, 0) is 11.3 Å². The SMILES string of the molecule is C[C@@H](C(=O)N(C)C)N(C)Cc1ccc(-c2ccccc2C#N)o1. The minimum atomic E-state index is -0.232. The van der Waals surface area contributed by atoms with Crippen LogP contribution in [0.2, 0.25) is 0 Å². The van der Waals surface area contributed by atoms with E-state index < -0.39 is 0 Å². The molecule has 0 N–H and O–H groups in total. The number of furan rings is 1. The van der Waals surface area contributed by atoms with E-state index in [2.05, 4.69) is 6.07 Å². The number of amides is 1. The van der Waals surface area contributed by atoms with E-state index in [1.54, 1.807) is 25.1 Å². The Morgan fingerprint density at radius 3 is 2.57 bits per heavy atom. The fraction of sp³-hybridized carbons (Fsp3) is 0.333. The second kappa shape index (κ2) is 7.12. The molecule has 0 radical (unpaired) electrons. The molecule has 1 aromatic carbocycles. The van der Waals surface area contributed by atoms with Crippen molar-refractivity contribution in [3.8, 4) is 17.4 Å². The first kappa shape index (κ1) is 16.8. The number of rotatable bonds is 5. The van der Waals surface area contributed by atoms with Crippen LogP contribution < -0.4 is 0 Å². The third-order valence-corrected chi connectivity index (χ3v) is 3.84. The molecule has 5 nitrogen and oxygen atoms in total. The van der Waals surface area contributed by atoms with Gasteiger partial charge in [-0.1, -0.05) is 12.1 Å². The minimum absolute atomic E-state index is 0.0501. The van der Waals surface area contributed by atoms with Crippen LogP contribution in [0.3, 0.4) is 0 Å². The predicted octanol–water partition coefficient (Wildman–Crippen LogP) is 2.73. The van der Waals surface area contributed by atoms with Crippen molar-refractivity contribution < 1.29 is 9.21 Å². The van der Waals surface area contributed by atoms with Crippen molar-refractivity contribution in [1.82, 2.24) is 9.80 Å². The highest BCUT2D eigenvalue weighted by Gasteiger charge is 2.20. The monoisotopic (exact) mass is 311 g/mol. The molecule has 0 fully saturated rings. The number of likely N-dealkylation sites (N-methyl/N-ethyl adjacent to an activating group) is 2. The minimum Gasteiger partial charge on any atom is -0.460 e. The maximum absolute atomic E-state index is 12.0. The lowest BCUT2D eigenvalue weighted by Gasteiger charge is -2.25. The molecule has 0 saturated heterocycles. The predicted molar refractivity (Wildman–Crippen MR) is 88.5 cm³/mol. The Kier molecular flexibility index (Phi) is 5.20. The highest BCUT2D eigenvalue weighted by Crippen LogP contribution is 2.26. The standard InChI is InChI=1S/C18H21N3O2/c1-13(18(22)20(2)3)21(4)12-15-9-10-17(23-15)16-8-6-5-7-14(16)11-19/h5-10,13H,12H2,1-4H3/t13-/m0/s1. The van der Waals surface area contributed by atoms with Crippen molar-refractivity contribution in [2.75, 3.05) is 21.1 Å². The molecule has 0 spiro atoms. The van der Waals surface area contributed by atoms with Gasteiger partial charge in [-0.3, -0.25) is 9.69 Å². The summed E-state index contributed by atoms with van der Waals surface area (Å²) in [5.74, 6) is 1.47. The first-order chi connectivity index (χ1) is 10.9. The summed E-state index contributed by atoms with van der Waals surface area (Å²) in [6.07, 6.45) is 0. The Bertz CT molecular complexity index is 728. The van der Waals surface area contributed by atoms with Crippen molar-refractivity contribution in [3.05, 3.63) is 47.7 Å². The molecule has 0 aliphatic heterocycles. The second-order valence-electron chi connectivity index (χ2n) is 5.75. The molecule has 1 heterocycles. The molecular formula is C18H21N3O2. The second-order valence-corrected chi connectivity index (χ2v) is 5.75. The first-order valence-corrected chi connectivity index (χ1v) is 7.43. The summed E-state index contributed by atoms with van der Waals surface area (Å²) in [6.45, 7) is 2.40. The fourth-order valence-electron chi connectivity index (χ4n) is 2.35. The topological polar surface area (TPSA) is 60.5 Å². The number of nitrogens with zero attached hydrogens (tertiary/aromatic N) is 3. The quantitative estimate of drug-likeness (QED) is 0.852. The number of carbonyl (C=O) groups is 1. The maximum Gasteiger partial charge on any atom is 0.239 e. The van der Waals surface area contributed by atoms with E-state index in [9.17, 15) is 10.1 Å². The molecule has 0 bridgehead atoms. The fourth-order valence-corrected chi connectivity index (χ4v) is 2.35. The lowest BCUT2D eigenvalue weighted by atomic mass is 10.1. The number of carbonyl (C=O) groups excluding carboxylic acids is 1. The van der Waals surface area contributed by atoms with Gasteiger partial charge in [0.1, 0.15) is 11.5 Å². The average molecular weight is 311 g/mol. The number of benzene rings is 1. The van der Waals surface area contributed by atoms with Crippen LogP contribution in [0.5, 0.6) is 0 Å². The molecule has 0 saturated carbocycles. The van der Waals surface area contributed by atoms with E-state index in [1.165, 1.54) is 0 Å². The van der Waals surface area contributed by atoms with Crippen molar-refractivity contribution in [2.45, 2.75) is 19.5 Å². The van der Waals surface area contributed by atoms with E-state index in [-0.39, 0.29) is 11.9 Å². The van der Waals surface area contributed by atoms with Gasteiger partial charge in [0.05, 0.1) is 24.2 Å². The molecule has 2 rings (SSSR count). The van der Waals surface area contributed by atoms with Crippen LogP contribution in [0.15, 0.2) is 40.8 Å². The summed E-state index contributed by atoms with van der Waals surface area (Å²) in [5, 5.41) is 9.18. The molecular weight excluding hydrogens is 290 g/mol. The van der Waals surface area contributed by atoms with Gasteiger partial charge in [0, 0.05) is 19.7 Å². The Hall–Kier alpha value is -2.58. The third-order valence-electron chi connectivity index (χ3n) is 3.84. The molecule has 1 aromatic heterocycles. The summed E-state index contributed by atoms with van der Waals surface area (Å²) in [6, 6.07) is 13.0. The van der Waals surface area contributed by atoms with Crippen molar-refractivity contribution in [2.24, 2.45) is 0 Å². The lowest BCUT2D eigenvalue weighted by Crippen LogP contribution is -2.42. The molecule has 1 amide bonds. The van der Waals surface area contributed by atoms with Crippen molar-refractivity contribution in [1.29, 1.82) is 5.26 Å². The number of hydrogen-bond donors (Lipinski definition) is 0. The van der Waals surface area contributed by atoms with E-state index in [0.717, 1.165) is 11.3 Å². The van der Waals surface area contributed by atoms with Crippen molar-refractivity contribution >= 4 is 5.91 Å². The zero-order valence-corrected chi connectivity index (χ0v) is 13.9. The molecule has 5 heteroatoms. The van der Waals surface area contributed by atoms with Gasteiger partial charge in [-0.2, -0.15) is 5.26 Å². The van der Waals surface area contributed by atoms with E-state index in [0.29, 0.717) is 17.9 Å². The van der Waals surface area contributed by atoms with E-state index in [4.69, 9.17) is 4.42 Å². The van der Waals surface area contributed by atoms with E-state index in [1.807, 2.05) is 49.2 Å². The molecule has 0 aliphatic rings. The Balaban J connectivity index is 2.14. The Labute approximate surface area is 136 Å². The van der Waals surface area contributed by atoms with Gasteiger partial charge >= 0.3 is 0 Å². The summed E-state index contributed by atoms with van der Waals surface area (Å²) < 4.78 is 5.86. The zero-order chi connectivity index (χ0) is 17.0.